The van der Waals surface area contributed by atoms with Gasteiger partial charge in [0.2, 0.25) is 0 Å². The molecule has 0 radical (unpaired) electrons. The second-order valence-corrected chi connectivity index (χ2v) is 6.54. The number of sulfone groups is 1. The Morgan fingerprint density at radius 2 is 1.84 bits per heavy atom. The lowest BCUT2D eigenvalue weighted by atomic mass is 10.2. The second kappa shape index (κ2) is 5.59. The van der Waals surface area contributed by atoms with Crippen LogP contribution in [0, 0.1) is 0 Å². The van der Waals surface area contributed by atoms with Gasteiger partial charge in [-0.2, -0.15) is 0 Å². The van der Waals surface area contributed by atoms with Crippen molar-refractivity contribution in [3.05, 3.63) is 53.3 Å². The van der Waals surface area contributed by atoms with Crippen molar-refractivity contribution in [1.82, 2.24) is 4.98 Å². The summed E-state index contributed by atoms with van der Waals surface area (Å²) in [4.78, 5) is 3.90. The van der Waals surface area contributed by atoms with Crippen LogP contribution in [0.15, 0.2) is 47.6 Å². The highest BCUT2D eigenvalue weighted by Gasteiger charge is 2.20. The molecule has 0 aliphatic carbocycles. The highest BCUT2D eigenvalue weighted by Crippen LogP contribution is 2.28. The maximum atomic E-state index is 12.3. The summed E-state index contributed by atoms with van der Waals surface area (Å²) in [5.41, 5.74) is 6.79. The second-order valence-electron chi connectivity index (χ2n) is 4.08. The van der Waals surface area contributed by atoms with Crippen LogP contribution in [-0.4, -0.2) is 19.2 Å². The van der Waals surface area contributed by atoms with Gasteiger partial charge in [0.05, 0.1) is 16.5 Å². The average Bonchev–Trinajstić information content (AvgIpc) is 2.37. The highest BCUT2D eigenvalue weighted by molar-refractivity contribution is 7.91. The summed E-state index contributed by atoms with van der Waals surface area (Å²) in [5, 5.41) is 0.162. The number of rotatable bonds is 4. The Morgan fingerprint density at radius 3 is 2.47 bits per heavy atom. The minimum Gasteiger partial charge on any atom is -0.398 e. The molecular weight excluding hydrogens is 284 g/mol. The summed E-state index contributed by atoms with van der Waals surface area (Å²) in [6.07, 6.45) is 3.66. The molecule has 0 saturated heterocycles. The summed E-state index contributed by atoms with van der Waals surface area (Å²) in [5.74, 6) is -0.0368. The van der Waals surface area contributed by atoms with Crippen molar-refractivity contribution in [2.45, 2.75) is 11.3 Å². The summed E-state index contributed by atoms with van der Waals surface area (Å²) in [6, 6.07) is 8.25. The van der Waals surface area contributed by atoms with Crippen LogP contribution in [0.2, 0.25) is 5.02 Å². The summed E-state index contributed by atoms with van der Waals surface area (Å²) in [6.45, 7) is 0. The maximum absolute atomic E-state index is 12.3. The molecule has 0 saturated carbocycles. The topological polar surface area (TPSA) is 73.1 Å². The van der Waals surface area contributed by atoms with E-state index < -0.39 is 9.84 Å². The number of hydrogen-bond donors (Lipinski definition) is 1. The van der Waals surface area contributed by atoms with E-state index in [0.29, 0.717) is 6.42 Å². The Kier molecular flexibility index (Phi) is 4.07. The van der Waals surface area contributed by atoms with Crippen molar-refractivity contribution >= 4 is 27.1 Å². The van der Waals surface area contributed by atoms with E-state index in [2.05, 4.69) is 4.98 Å². The predicted octanol–water partition coefficient (Wildman–Crippen LogP) is 2.33. The van der Waals surface area contributed by atoms with Crippen molar-refractivity contribution in [3.63, 3.8) is 0 Å². The van der Waals surface area contributed by atoms with E-state index in [4.69, 9.17) is 17.3 Å². The Hall–Kier alpha value is -1.59. The number of nitrogens with two attached hydrogens (primary N) is 1. The number of nitrogen functional groups attached to an aromatic ring is 1. The molecule has 0 spiro atoms. The third-order valence-corrected chi connectivity index (χ3v) is 4.96. The van der Waals surface area contributed by atoms with Gasteiger partial charge >= 0.3 is 0 Å². The van der Waals surface area contributed by atoms with Crippen LogP contribution in [0.4, 0.5) is 5.69 Å². The number of hydrogen-bond acceptors (Lipinski definition) is 4. The molecule has 0 aliphatic rings. The quantitative estimate of drug-likeness (QED) is 0.879. The van der Waals surface area contributed by atoms with E-state index in [9.17, 15) is 8.42 Å². The van der Waals surface area contributed by atoms with Crippen LogP contribution >= 0.6 is 11.6 Å². The number of halogens is 1. The Bertz CT molecular complexity index is 652. The molecule has 0 aliphatic heterocycles. The molecule has 0 amide bonds. The van der Waals surface area contributed by atoms with Crippen LogP contribution in [-0.2, 0) is 16.3 Å². The summed E-state index contributed by atoms with van der Waals surface area (Å²) < 4.78 is 24.5. The fourth-order valence-corrected chi connectivity index (χ4v) is 3.79. The van der Waals surface area contributed by atoms with Gasteiger partial charge in [-0.05, 0) is 36.2 Å². The lowest BCUT2D eigenvalue weighted by Crippen LogP contribution is -2.12. The molecule has 2 rings (SSSR count). The number of aryl methyl sites for hydroxylation is 1. The zero-order valence-electron chi connectivity index (χ0n) is 10.1. The van der Waals surface area contributed by atoms with E-state index in [0.717, 1.165) is 5.56 Å². The van der Waals surface area contributed by atoms with Crippen LogP contribution < -0.4 is 5.73 Å². The van der Waals surface area contributed by atoms with Crippen molar-refractivity contribution in [1.29, 1.82) is 0 Å². The molecule has 2 N–H and O–H groups in total. The number of anilines is 1. The fraction of sp³-hybridized carbons (Fsp3) is 0.154. The zero-order valence-corrected chi connectivity index (χ0v) is 11.7. The van der Waals surface area contributed by atoms with Crippen molar-refractivity contribution in [2.75, 3.05) is 11.5 Å². The van der Waals surface area contributed by atoms with Crippen LogP contribution in [0.3, 0.4) is 0 Å². The smallest absolute Gasteiger partial charge is 0.182 e. The molecule has 1 heterocycles. The molecule has 0 fully saturated rings. The van der Waals surface area contributed by atoms with Crippen LogP contribution in [0.5, 0.6) is 0 Å². The summed E-state index contributed by atoms with van der Waals surface area (Å²) in [7, 11) is -3.50. The van der Waals surface area contributed by atoms with E-state index in [1.54, 1.807) is 30.6 Å². The van der Waals surface area contributed by atoms with Gasteiger partial charge in [0.1, 0.15) is 4.90 Å². The van der Waals surface area contributed by atoms with Gasteiger partial charge < -0.3 is 5.73 Å². The molecule has 1 aromatic carbocycles. The maximum Gasteiger partial charge on any atom is 0.182 e. The first-order chi connectivity index (χ1) is 9.00. The van der Waals surface area contributed by atoms with Gasteiger partial charge in [-0.1, -0.05) is 17.7 Å². The Balaban J connectivity index is 2.24. The van der Waals surface area contributed by atoms with Gasteiger partial charge in [-0.3, -0.25) is 4.98 Å². The molecule has 6 heteroatoms. The van der Waals surface area contributed by atoms with E-state index in [1.165, 1.54) is 12.1 Å². The molecule has 19 heavy (non-hydrogen) atoms. The third-order valence-electron chi connectivity index (χ3n) is 2.72. The molecule has 0 bridgehead atoms. The van der Waals surface area contributed by atoms with Crippen LogP contribution in [0.1, 0.15) is 5.56 Å². The van der Waals surface area contributed by atoms with E-state index in [1.807, 2.05) is 0 Å². The molecule has 0 unspecified atom stereocenters. The Morgan fingerprint density at radius 1 is 1.16 bits per heavy atom. The molecular formula is C13H13ClN2O2S. The third kappa shape index (κ3) is 3.24. The normalized spacial score (nSPS) is 11.4. The number of pyridine rings is 1. The lowest BCUT2D eigenvalue weighted by Gasteiger charge is -2.09. The van der Waals surface area contributed by atoms with Gasteiger partial charge in [0.15, 0.2) is 9.84 Å². The van der Waals surface area contributed by atoms with Crippen molar-refractivity contribution < 1.29 is 8.42 Å². The van der Waals surface area contributed by atoms with E-state index in [-0.39, 0.29) is 21.4 Å². The highest BCUT2D eigenvalue weighted by atomic mass is 35.5. The van der Waals surface area contributed by atoms with Crippen molar-refractivity contribution in [2.24, 2.45) is 0 Å². The fourth-order valence-electron chi connectivity index (χ4n) is 1.76. The monoisotopic (exact) mass is 296 g/mol. The van der Waals surface area contributed by atoms with Crippen LogP contribution in [0.25, 0.3) is 0 Å². The standard InChI is InChI=1S/C13H13ClN2O2S/c14-11-2-1-3-12(15)13(11)19(17,18)9-6-10-4-7-16-8-5-10/h1-5,7-8H,6,9,15H2. The molecule has 4 nitrogen and oxygen atoms in total. The number of aromatic nitrogens is 1. The first-order valence-electron chi connectivity index (χ1n) is 5.66. The number of benzene rings is 1. The summed E-state index contributed by atoms with van der Waals surface area (Å²) >= 11 is 5.93. The van der Waals surface area contributed by atoms with Gasteiger partial charge in [-0.25, -0.2) is 8.42 Å². The van der Waals surface area contributed by atoms with Gasteiger partial charge in [0, 0.05) is 12.4 Å². The average molecular weight is 297 g/mol. The first-order valence-corrected chi connectivity index (χ1v) is 7.69. The predicted molar refractivity (Wildman–Crippen MR) is 75.9 cm³/mol. The van der Waals surface area contributed by atoms with Crippen molar-refractivity contribution in [3.8, 4) is 0 Å². The first kappa shape index (κ1) is 13.8. The zero-order chi connectivity index (χ0) is 13.9. The molecule has 100 valence electrons. The minimum absolute atomic E-state index is 0.0192. The Labute approximate surface area is 117 Å². The van der Waals surface area contributed by atoms with E-state index >= 15 is 0 Å². The SMILES string of the molecule is Nc1cccc(Cl)c1S(=O)(=O)CCc1ccncc1. The lowest BCUT2D eigenvalue weighted by molar-refractivity contribution is 0.595. The number of nitrogens with zero attached hydrogens (tertiary/aromatic N) is 1. The van der Waals surface area contributed by atoms with Gasteiger partial charge in [-0.15, -0.1) is 0 Å². The molecule has 0 atom stereocenters. The largest absolute Gasteiger partial charge is 0.398 e. The molecule has 1 aromatic heterocycles. The minimum atomic E-state index is -3.50. The van der Waals surface area contributed by atoms with Gasteiger partial charge in [0.25, 0.3) is 0 Å². The molecule has 2 aromatic rings.